The number of nitrogens with one attached hydrogen (secondary N) is 1. The zero-order valence-corrected chi connectivity index (χ0v) is 15.1. The fraction of sp³-hybridized carbons (Fsp3) is 0.200. The van der Waals surface area contributed by atoms with Crippen LogP contribution in [0.4, 0.5) is 5.69 Å². The van der Waals surface area contributed by atoms with E-state index < -0.39 is 0 Å². The van der Waals surface area contributed by atoms with Crippen LogP contribution in [0.1, 0.15) is 23.6 Å². The highest BCUT2D eigenvalue weighted by Gasteiger charge is 2.38. The van der Waals surface area contributed by atoms with Gasteiger partial charge in [-0.1, -0.05) is 47.5 Å². The van der Waals surface area contributed by atoms with E-state index in [2.05, 4.69) is 5.32 Å². The van der Waals surface area contributed by atoms with Crippen molar-refractivity contribution in [2.45, 2.75) is 20.8 Å². The molecule has 2 amide bonds. The van der Waals surface area contributed by atoms with Gasteiger partial charge in [0, 0.05) is 17.3 Å². The number of hydrogen-bond acceptors (Lipinski definition) is 3. The number of benzene rings is 2. The molecule has 0 spiro atoms. The molecule has 0 bridgehead atoms. The van der Waals surface area contributed by atoms with Crippen molar-refractivity contribution in [2.24, 2.45) is 0 Å². The van der Waals surface area contributed by atoms with Crippen LogP contribution in [0.25, 0.3) is 5.57 Å². The number of likely N-dealkylation sites (N-methyl/N-ethyl adjacent to an activating group) is 1. The van der Waals surface area contributed by atoms with Crippen molar-refractivity contribution >= 4 is 34.7 Å². The van der Waals surface area contributed by atoms with E-state index in [9.17, 15) is 9.59 Å². The van der Waals surface area contributed by atoms with E-state index in [0.29, 0.717) is 28.5 Å². The van der Waals surface area contributed by atoms with Crippen LogP contribution in [0.5, 0.6) is 0 Å². The number of amides is 2. The third kappa shape index (κ3) is 3.17. The maximum absolute atomic E-state index is 12.8. The van der Waals surface area contributed by atoms with Crippen molar-refractivity contribution in [2.75, 3.05) is 11.9 Å². The Morgan fingerprint density at radius 2 is 1.68 bits per heavy atom. The van der Waals surface area contributed by atoms with Gasteiger partial charge in [0.25, 0.3) is 11.8 Å². The van der Waals surface area contributed by atoms with E-state index in [1.165, 1.54) is 4.90 Å². The Hall–Kier alpha value is -2.59. The Morgan fingerprint density at radius 1 is 1.00 bits per heavy atom. The third-order valence-electron chi connectivity index (χ3n) is 4.28. The van der Waals surface area contributed by atoms with Gasteiger partial charge in [-0.05, 0) is 44.0 Å². The normalized spacial score (nSPS) is 14.5. The molecule has 1 N–H and O–H groups in total. The zero-order chi connectivity index (χ0) is 18.1. The van der Waals surface area contributed by atoms with E-state index in [1.807, 2.05) is 44.2 Å². The molecule has 0 aromatic heterocycles. The molecule has 2 aromatic rings. The molecule has 1 heterocycles. The lowest BCUT2D eigenvalue weighted by Gasteiger charge is -2.13. The smallest absolute Gasteiger partial charge is 0.278 e. The Kier molecular flexibility index (Phi) is 4.64. The lowest BCUT2D eigenvalue weighted by Crippen LogP contribution is -2.32. The number of nitrogens with zero attached hydrogens (tertiary/aromatic N) is 1. The Balaban J connectivity index is 2.12. The molecule has 1 aliphatic rings. The number of imide groups is 1. The Morgan fingerprint density at radius 3 is 2.32 bits per heavy atom. The van der Waals surface area contributed by atoms with Crippen molar-refractivity contribution in [3.8, 4) is 0 Å². The second-order valence-corrected chi connectivity index (χ2v) is 6.49. The molecule has 0 unspecified atom stereocenters. The summed E-state index contributed by atoms with van der Waals surface area (Å²) in [6.07, 6.45) is 0. The lowest BCUT2D eigenvalue weighted by atomic mass is 10.0. The summed E-state index contributed by atoms with van der Waals surface area (Å²) in [4.78, 5) is 26.8. The molecule has 0 saturated heterocycles. The maximum atomic E-state index is 12.8. The number of halogens is 1. The van der Waals surface area contributed by atoms with Gasteiger partial charge < -0.3 is 5.32 Å². The minimum Gasteiger partial charge on any atom is -0.350 e. The van der Waals surface area contributed by atoms with Crippen LogP contribution in [-0.2, 0) is 9.59 Å². The first-order chi connectivity index (χ1) is 11.9. The first-order valence-electron chi connectivity index (χ1n) is 8.13. The Bertz CT molecular complexity index is 885. The largest absolute Gasteiger partial charge is 0.350 e. The van der Waals surface area contributed by atoms with Crippen LogP contribution in [0.2, 0.25) is 5.02 Å². The van der Waals surface area contributed by atoms with Crippen LogP contribution < -0.4 is 5.32 Å². The monoisotopic (exact) mass is 354 g/mol. The summed E-state index contributed by atoms with van der Waals surface area (Å²) in [7, 11) is 0. The average molecular weight is 355 g/mol. The molecule has 0 aliphatic carbocycles. The number of aryl methyl sites for hydroxylation is 2. The summed E-state index contributed by atoms with van der Waals surface area (Å²) in [5, 5.41) is 3.71. The van der Waals surface area contributed by atoms with Crippen molar-refractivity contribution in [3.05, 3.63) is 69.9 Å². The fourth-order valence-corrected chi connectivity index (χ4v) is 3.00. The third-order valence-corrected chi connectivity index (χ3v) is 4.52. The first kappa shape index (κ1) is 17.2. The van der Waals surface area contributed by atoms with Crippen LogP contribution >= 0.6 is 11.6 Å². The second kappa shape index (κ2) is 6.73. The van der Waals surface area contributed by atoms with Crippen molar-refractivity contribution in [3.63, 3.8) is 0 Å². The van der Waals surface area contributed by atoms with Crippen LogP contribution in [0, 0.1) is 13.8 Å². The lowest BCUT2D eigenvalue weighted by molar-refractivity contribution is -0.136. The predicted molar refractivity (Wildman–Crippen MR) is 100 cm³/mol. The zero-order valence-electron chi connectivity index (χ0n) is 14.4. The highest BCUT2D eigenvalue weighted by molar-refractivity contribution is 6.36. The standard InChI is InChI=1S/C20H19ClN2O2/c1-4-23-19(24)17(14-8-5-12(2)6-9-14)18(20(23)25)22-16-11-15(21)10-7-13(16)3/h5-11,22H,4H2,1-3H3. The Labute approximate surface area is 152 Å². The van der Waals surface area contributed by atoms with Gasteiger partial charge in [0.05, 0.1) is 5.57 Å². The molecule has 0 fully saturated rings. The van der Waals surface area contributed by atoms with Gasteiger partial charge in [-0.15, -0.1) is 0 Å². The highest BCUT2D eigenvalue weighted by Crippen LogP contribution is 2.32. The predicted octanol–water partition coefficient (Wildman–Crippen LogP) is 4.17. The number of carbonyl (C=O) groups is 2. The number of rotatable bonds is 4. The van der Waals surface area contributed by atoms with Gasteiger partial charge in [0.1, 0.15) is 5.70 Å². The molecular formula is C20H19ClN2O2. The van der Waals surface area contributed by atoms with E-state index in [1.54, 1.807) is 19.1 Å². The molecule has 1 aliphatic heterocycles. The molecular weight excluding hydrogens is 336 g/mol. The summed E-state index contributed by atoms with van der Waals surface area (Å²) in [6.45, 7) is 6.01. The molecule has 25 heavy (non-hydrogen) atoms. The second-order valence-electron chi connectivity index (χ2n) is 6.05. The summed E-state index contributed by atoms with van der Waals surface area (Å²) in [5.41, 5.74) is 4.16. The molecule has 128 valence electrons. The molecule has 0 atom stereocenters. The minimum absolute atomic E-state index is 0.279. The van der Waals surface area contributed by atoms with Gasteiger partial charge in [-0.25, -0.2) is 0 Å². The number of hydrogen-bond donors (Lipinski definition) is 1. The maximum Gasteiger partial charge on any atom is 0.278 e. The SMILES string of the molecule is CCN1C(=O)C(Nc2cc(Cl)ccc2C)=C(c2ccc(C)cc2)C1=O. The molecule has 0 radical (unpaired) electrons. The molecule has 4 nitrogen and oxygen atoms in total. The van der Waals surface area contributed by atoms with E-state index in [0.717, 1.165) is 16.7 Å². The summed E-state index contributed by atoms with van der Waals surface area (Å²) >= 11 is 6.08. The average Bonchev–Trinajstić information content (AvgIpc) is 2.82. The van der Waals surface area contributed by atoms with E-state index >= 15 is 0 Å². The van der Waals surface area contributed by atoms with E-state index in [4.69, 9.17) is 11.6 Å². The number of carbonyl (C=O) groups excluding carboxylic acids is 2. The topological polar surface area (TPSA) is 49.4 Å². The van der Waals surface area contributed by atoms with Crippen LogP contribution in [0.15, 0.2) is 48.2 Å². The van der Waals surface area contributed by atoms with Gasteiger partial charge in [0.15, 0.2) is 0 Å². The quantitative estimate of drug-likeness (QED) is 0.838. The van der Waals surface area contributed by atoms with Crippen molar-refractivity contribution in [1.29, 1.82) is 0 Å². The summed E-state index contributed by atoms with van der Waals surface area (Å²) in [5.74, 6) is -0.596. The van der Waals surface area contributed by atoms with Crippen molar-refractivity contribution < 1.29 is 9.59 Å². The van der Waals surface area contributed by atoms with Crippen molar-refractivity contribution in [1.82, 2.24) is 4.90 Å². The molecule has 0 saturated carbocycles. The fourth-order valence-electron chi connectivity index (χ4n) is 2.83. The molecule has 3 rings (SSSR count). The van der Waals surface area contributed by atoms with Gasteiger partial charge in [-0.2, -0.15) is 0 Å². The summed E-state index contributed by atoms with van der Waals surface area (Å²) in [6, 6.07) is 13.0. The van der Waals surface area contributed by atoms with Gasteiger partial charge >= 0.3 is 0 Å². The summed E-state index contributed by atoms with van der Waals surface area (Å²) < 4.78 is 0. The minimum atomic E-state index is -0.317. The number of anilines is 1. The van der Waals surface area contributed by atoms with E-state index in [-0.39, 0.29) is 11.8 Å². The molecule has 5 heteroatoms. The van der Waals surface area contributed by atoms with Gasteiger partial charge in [-0.3, -0.25) is 14.5 Å². The highest BCUT2D eigenvalue weighted by atomic mass is 35.5. The van der Waals surface area contributed by atoms with Gasteiger partial charge in [0.2, 0.25) is 0 Å². The van der Waals surface area contributed by atoms with Crippen LogP contribution in [0.3, 0.4) is 0 Å². The molecule has 2 aromatic carbocycles. The van der Waals surface area contributed by atoms with Crippen LogP contribution in [-0.4, -0.2) is 23.3 Å². The first-order valence-corrected chi connectivity index (χ1v) is 8.51.